The summed E-state index contributed by atoms with van der Waals surface area (Å²) in [5, 5.41) is 14.3. The van der Waals surface area contributed by atoms with E-state index in [0.29, 0.717) is 11.2 Å². The predicted octanol–water partition coefficient (Wildman–Crippen LogP) is 2.22. The number of rotatable bonds is 6. The number of hydrogen-bond donors (Lipinski definition) is 2. The third kappa shape index (κ3) is 3.25. The molecular weight excluding hydrogens is 350 g/mol. The fraction of sp³-hybridized carbons (Fsp3) is 0.235. The van der Waals surface area contributed by atoms with Gasteiger partial charge in [-0.3, -0.25) is 4.79 Å². The van der Waals surface area contributed by atoms with Gasteiger partial charge in [-0.05, 0) is 53.1 Å². The largest absolute Gasteiger partial charge is 0.342 e. The lowest BCUT2D eigenvalue weighted by molar-refractivity contribution is 0.0934. The Balaban J connectivity index is 1.60. The summed E-state index contributed by atoms with van der Waals surface area (Å²) in [5.74, 6) is 1.50. The number of thioether (sulfide) groups is 1. The predicted molar refractivity (Wildman–Crippen MR) is 100 cm³/mol. The summed E-state index contributed by atoms with van der Waals surface area (Å²) in [7, 11) is 0. The van der Waals surface area contributed by atoms with E-state index >= 15 is 0 Å². The van der Waals surface area contributed by atoms with E-state index in [1.165, 1.54) is 4.52 Å². The number of aromatic nitrogens is 6. The van der Waals surface area contributed by atoms with Crippen LogP contribution in [0.3, 0.4) is 0 Å². The van der Waals surface area contributed by atoms with Gasteiger partial charge in [-0.1, -0.05) is 12.1 Å². The van der Waals surface area contributed by atoms with Gasteiger partial charge in [0.25, 0.3) is 5.91 Å². The fourth-order valence-corrected chi connectivity index (χ4v) is 3.24. The Morgan fingerprint density at radius 3 is 3.08 bits per heavy atom. The molecule has 0 unspecified atom stereocenters. The number of fused-ring (bicyclic) bond motifs is 2. The minimum atomic E-state index is -0.199. The van der Waals surface area contributed by atoms with E-state index in [-0.39, 0.29) is 11.9 Å². The molecule has 0 radical (unpaired) electrons. The second kappa shape index (κ2) is 7.12. The molecule has 9 heteroatoms. The summed E-state index contributed by atoms with van der Waals surface area (Å²) in [4.78, 5) is 20.7. The van der Waals surface area contributed by atoms with Crippen LogP contribution in [0.25, 0.3) is 16.7 Å². The number of carbonyl (C=O) groups is 1. The number of imidazole rings is 1. The van der Waals surface area contributed by atoms with E-state index in [9.17, 15) is 4.79 Å². The maximum absolute atomic E-state index is 12.7. The Kier molecular flexibility index (Phi) is 4.53. The first-order chi connectivity index (χ1) is 12.7. The van der Waals surface area contributed by atoms with Gasteiger partial charge in [-0.25, -0.2) is 9.50 Å². The van der Waals surface area contributed by atoms with E-state index in [0.717, 1.165) is 29.0 Å². The number of pyridine rings is 1. The first kappa shape index (κ1) is 16.5. The number of aromatic amines is 1. The zero-order valence-electron chi connectivity index (χ0n) is 14.1. The zero-order valence-corrected chi connectivity index (χ0v) is 14.9. The van der Waals surface area contributed by atoms with Crippen LogP contribution in [-0.4, -0.2) is 47.9 Å². The Labute approximate surface area is 153 Å². The molecule has 0 aliphatic heterocycles. The molecule has 3 heterocycles. The van der Waals surface area contributed by atoms with E-state index in [1.54, 1.807) is 30.1 Å². The second-order valence-corrected chi connectivity index (χ2v) is 6.83. The third-order valence-corrected chi connectivity index (χ3v) is 4.76. The van der Waals surface area contributed by atoms with Crippen LogP contribution in [0.4, 0.5) is 0 Å². The van der Waals surface area contributed by atoms with Gasteiger partial charge in [0.1, 0.15) is 5.82 Å². The van der Waals surface area contributed by atoms with Gasteiger partial charge >= 0.3 is 0 Å². The third-order valence-electron chi connectivity index (χ3n) is 4.11. The highest BCUT2D eigenvalue weighted by Crippen LogP contribution is 2.20. The van der Waals surface area contributed by atoms with Gasteiger partial charge in [-0.2, -0.15) is 11.8 Å². The Morgan fingerprint density at radius 2 is 2.23 bits per heavy atom. The highest BCUT2D eigenvalue weighted by Gasteiger charge is 2.19. The summed E-state index contributed by atoms with van der Waals surface area (Å²) in [5.41, 5.74) is 2.89. The Hall–Kier alpha value is -2.94. The van der Waals surface area contributed by atoms with Crippen molar-refractivity contribution in [3.8, 4) is 0 Å². The Morgan fingerprint density at radius 1 is 1.35 bits per heavy atom. The van der Waals surface area contributed by atoms with Gasteiger partial charge in [0.05, 0.1) is 17.1 Å². The summed E-state index contributed by atoms with van der Waals surface area (Å²) >= 11 is 1.73. The van der Waals surface area contributed by atoms with Crippen molar-refractivity contribution < 1.29 is 4.79 Å². The number of hydrogen-bond acceptors (Lipinski definition) is 6. The molecule has 1 amide bonds. The molecule has 0 spiro atoms. The van der Waals surface area contributed by atoms with Gasteiger partial charge in [-0.15, -0.1) is 5.10 Å². The van der Waals surface area contributed by atoms with Crippen LogP contribution in [0.2, 0.25) is 0 Å². The van der Waals surface area contributed by atoms with Gasteiger partial charge in [0, 0.05) is 11.8 Å². The molecule has 0 fully saturated rings. The first-order valence-corrected chi connectivity index (χ1v) is 9.56. The van der Waals surface area contributed by atoms with Crippen LogP contribution < -0.4 is 5.32 Å². The number of tetrazole rings is 1. The zero-order chi connectivity index (χ0) is 17.9. The fourth-order valence-electron chi connectivity index (χ4n) is 2.77. The van der Waals surface area contributed by atoms with Crippen LogP contribution in [0.1, 0.15) is 28.6 Å². The van der Waals surface area contributed by atoms with Crippen LogP contribution in [-0.2, 0) is 0 Å². The number of carbonyl (C=O) groups excluding carboxylic acids is 1. The molecule has 3 aromatic heterocycles. The molecule has 0 saturated heterocycles. The summed E-state index contributed by atoms with van der Waals surface area (Å²) < 4.78 is 1.52. The molecule has 1 aromatic carbocycles. The standard InChI is InChI=1S/C17H17N7OS/c1-26-9-7-14(16-18-12-4-2-3-5-13(12)19-16)20-17(25)11-6-8-24-15(10-11)21-22-23-24/h2-6,8,10,14H,7,9H2,1H3,(H,18,19)(H,20,25)/t14-/m0/s1. The molecule has 26 heavy (non-hydrogen) atoms. The van der Waals surface area contributed by atoms with Crippen molar-refractivity contribution in [3.05, 3.63) is 54.0 Å². The molecule has 132 valence electrons. The molecule has 2 N–H and O–H groups in total. The van der Waals surface area contributed by atoms with Crippen LogP contribution >= 0.6 is 11.8 Å². The number of para-hydroxylation sites is 2. The maximum atomic E-state index is 12.7. The van der Waals surface area contributed by atoms with Gasteiger partial charge in [0.2, 0.25) is 0 Å². The molecule has 4 rings (SSSR count). The summed E-state index contributed by atoms with van der Waals surface area (Å²) in [6.07, 6.45) is 4.49. The van der Waals surface area contributed by atoms with Crippen molar-refractivity contribution in [1.29, 1.82) is 0 Å². The van der Waals surface area contributed by atoms with E-state index < -0.39 is 0 Å². The minimum Gasteiger partial charge on any atom is -0.342 e. The lowest BCUT2D eigenvalue weighted by Gasteiger charge is -2.16. The lowest BCUT2D eigenvalue weighted by Crippen LogP contribution is -2.29. The molecule has 0 aliphatic carbocycles. The molecule has 8 nitrogen and oxygen atoms in total. The van der Waals surface area contributed by atoms with E-state index in [4.69, 9.17) is 0 Å². The van der Waals surface area contributed by atoms with E-state index in [1.807, 2.05) is 30.5 Å². The molecule has 0 bridgehead atoms. The number of benzene rings is 1. The number of amides is 1. The molecule has 4 aromatic rings. The van der Waals surface area contributed by atoms with Crippen LogP contribution in [0.5, 0.6) is 0 Å². The van der Waals surface area contributed by atoms with Crippen molar-refractivity contribution in [1.82, 2.24) is 35.3 Å². The summed E-state index contributed by atoms with van der Waals surface area (Å²) in [6, 6.07) is 11.0. The van der Waals surface area contributed by atoms with Crippen LogP contribution in [0, 0.1) is 0 Å². The van der Waals surface area contributed by atoms with Crippen molar-refractivity contribution in [2.45, 2.75) is 12.5 Å². The van der Waals surface area contributed by atoms with Crippen molar-refractivity contribution in [2.75, 3.05) is 12.0 Å². The highest BCUT2D eigenvalue weighted by atomic mass is 32.2. The van der Waals surface area contributed by atoms with Crippen molar-refractivity contribution in [3.63, 3.8) is 0 Å². The van der Waals surface area contributed by atoms with Crippen molar-refractivity contribution in [2.24, 2.45) is 0 Å². The smallest absolute Gasteiger partial charge is 0.252 e. The Bertz CT molecular complexity index is 1020. The minimum absolute atomic E-state index is 0.179. The van der Waals surface area contributed by atoms with Crippen LogP contribution in [0.15, 0.2) is 42.6 Å². The quantitative estimate of drug-likeness (QED) is 0.542. The normalized spacial score (nSPS) is 12.5. The maximum Gasteiger partial charge on any atom is 0.252 e. The second-order valence-electron chi connectivity index (χ2n) is 5.84. The first-order valence-electron chi connectivity index (χ1n) is 8.17. The molecular formula is C17H17N7OS. The number of nitrogens with one attached hydrogen (secondary N) is 2. The average Bonchev–Trinajstić information content (AvgIpc) is 3.30. The molecule has 1 atom stereocenters. The number of H-pyrrole nitrogens is 1. The van der Waals surface area contributed by atoms with Crippen molar-refractivity contribution >= 4 is 34.3 Å². The monoisotopic (exact) mass is 367 g/mol. The highest BCUT2D eigenvalue weighted by molar-refractivity contribution is 7.98. The number of nitrogens with zero attached hydrogens (tertiary/aromatic N) is 5. The summed E-state index contributed by atoms with van der Waals surface area (Å²) in [6.45, 7) is 0. The molecule has 0 aliphatic rings. The van der Waals surface area contributed by atoms with Gasteiger partial charge in [0.15, 0.2) is 5.65 Å². The lowest BCUT2D eigenvalue weighted by atomic mass is 10.2. The van der Waals surface area contributed by atoms with E-state index in [2.05, 4.69) is 30.8 Å². The van der Waals surface area contributed by atoms with Gasteiger partial charge < -0.3 is 10.3 Å². The SMILES string of the molecule is CSCC[C@H](NC(=O)c1ccn2nnnc2c1)c1nc2ccccc2[nH]1. The topological polar surface area (TPSA) is 101 Å². The average molecular weight is 367 g/mol. The molecule has 0 saturated carbocycles.